The van der Waals surface area contributed by atoms with Crippen LogP contribution in [0.25, 0.3) is 0 Å². The Hall–Kier alpha value is -1.30. The van der Waals surface area contributed by atoms with Crippen LogP contribution in [0.1, 0.15) is 20.3 Å². The fourth-order valence-corrected chi connectivity index (χ4v) is 1.20. The maximum atomic E-state index is 11.5. The molecule has 94 valence electrons. The van der Waals surface area contributed by atoms with Crippen LogP contribution in [0.15, 0.2) is 0 Å². The predicted octanol–water partition coefficient (Wildman–Crippen LogP) is 0.119. The first-order valence-corrected chi connectivity index (χ1v) is 5.23. The number of carbonyl (C=O) groups excluding carboxylic acids is 1. The van der Waals surface area contributed by atoms with E-state index in [4.69, 9.17) is 10.2 Å². The number of nitrogens with zero attached hydrogens (tertiary/aromatic N) is 1. The smallest absolute Gasteiger partial charge is 0.326 e. The van der Waals surface area contributed by atoms with Gasteiger partial charge in [-0.3, -0.25) is 0 Å². The number of nitrogens with one attached hydrogen (secondary N) is 1. The molecule has 3 N–H and O–H groups in total. The Labute approximate surface area is 95.2 Å². The van der Waals surface area contributed by atoms with Crippen molar-refractivity contribution < 1.29 is 19.8 Å². The molecule has 0 heterocycles. The fourth-order valence-electron chi connectivity index (χ4n) is 1.20. The van der Waals surface area contributed by atoms with Crippen molar-refractivity contribution >= 4 is 12.0 Å². The number of aliphatic hydroxyl groups is 1. The number of hydrogen-bond acceptors (Lipinski definition) is 3. The van der Waals surface area contributed by atoms with E-state index in [0.29, 0.717) is 6.42 Å². The third-order valence-electron chi connectivity index (χ3n) is 2.09. The molecule has 0 aromatic rings. The molecule has 0 radical (unpaired) electrons. The molecular weight excluding hydrogens is 212 g/mol. The zero-order chi connectivity index (χ0) is 12.7. The molecule has 0 aromatic heterocycles. The van der Waals surface area contributed by atoms with Gasteiger partial charge >= 0.3 is 12.0 Å². The van der Waals surface area contributed by atoms with Gasteiger partial charge in [0.15, 0.2) is 0 Å². The second-order valence-electron chi connectivity index (χ2n) is 4.12. The predicted molar refractivity (Wildman–Crippen MR) is 59.1 cm³/mol. The first-order valence-electron chi connectivity index (χ1n) is 5.23. The molecule has 2 amide bonds. The molecular formula is C10H20N2O4. The molecule has 16 heavy (non-hydrogen) atoms. The molecule has 0 aliphatic heterocycles. The molecule has 0 bridgehead atoms. The summed E-state index contributed by atoms with van der Waals surface area (Å²) in [4.78, 5) is 23.6. The van der Waals surface area contributed by atoms with Crippen molar-refractivity contribution in [3.05, 3.63) is 0 Å². The van der Waals surface area contributed by atoms with Gasteiger partial charge in [0, 0.05) is 13.6 Å². The first kappa shape index (κ1) is 14.7. The van der Waals surface area contributed by atoms with E-state index >= 15 is 0 Å². The second-order valence-corrected chi connectivity index (χ2v) is 4.12. The summed E-state index contributed by atoms with van der Waals surface area (Å²) in [5, 5.41) is 19.9. The Morgan fingerprint density at radius 1 is 1.38 bits per heavy atom. The number of carboxylic acid groups (broad SMARTS) is 1. The van der Waals surface area contributed by atoms with E-state index in [1.807, 2.05) is 13.8 Å². The van der Waals surface area contributed by atoms with Crippen molar-refractivity contribution in [2.45, 2.75) is 26.3 Å². The quantitative estimate of drug-likeness (QED) is 0.606. The van der Waals surface area contributed by atoms with Crippen LogP contribution < -0.4 is 5.32 Å². The molecule has 0 saturated carbocycles. The highest BCUT2D eigenvalue weighted by Gasteiger charge is 2.22. The monoisotopic (exact) mass is 232 g/mol. The minimum Gasteiger partial charge on any atom is -0.480 e. The molecule has 0 unspecified atom stereocenters. The summed E-state index contributed by atoms with van der Waals surface area (Å²) in [5.41, 5.74) is 0. The van der Waals surface area contributed by atoms with Gasteiger partial charge in [0.05, 0.1) is 6.61 Å². The molecule has 0 spiro atoms. The number of amides is 2. The molecule has 0 aliphatic carbocycles. The molecule has 0 aliphatic rings. The molecule has 1 atom stereocenters. The number of likely N-dealkylation sites (N-methyl/N-ethyl adjacent to an activating group) is 1. The summed E-state index contributed by atoms with van der Waals surface area (Å²) >= 11 is 0. The summed E-state index contributed by atoms with van der Waals surface area (Å²) in [6.07, 6.45) is 0.383. The second kappa shape index (κ2) is 7.05. The minimum absolute atomic E-state index is 0.147. The van der Waals surface area contributed by atoms with Gasteiger partial charge in [-0.2, -0.15) is 0 Å². The number of urea groups is 1. The van der Waals surface area contributed by atoms with Gasteiger partial charge in [-0.1, -0.05) is 13.8 Å². The van der Waals surface area contributed by atoms with Gasteiger partial charge < -0.3 is 20.4 Å². The minimum atomic E-state index is -1.04. The lowest BCUT2D eigenvalue weighted by Crippen LogP contribution is -2.47. The van der Waals surface area contributed by atoms with E-state index in [9.17, 15) is 9.59 Å². The standard InChI is InChI=1S/C10H20N2O4/c1-7(2)6-8(9(14)15)11-10(16)12(3)4-5-13/h7-8,13H,4-6H2,1-3H3,(H,11,16)(H,14,15)/t8-/m0/s1. The van der Waals surface area contributed by atoms with Crippen LogP contribution in [0, 0.1) is 5.92 Å². The first-order chi connectivity index (χ1) is 7.38. The van der Waals surface area contributed by atoms with Crippen molar-refractivity contribution in [1.82, 2.24) is 10.2 Å². The van der Waals surface area contributed by atoms with Crippen LogP contribution in [0.3, 0.4) is 0 Å². The highest BCUT2D eigenvalue weighted by Crippen LogP contribution is 2.05. The lowest BCUT2D eigenvalue weighted by atomic mass is 10.0. The van der Waals surface area contributed by atoms with Gasteiger partial charge in [-0.05, 0) is 12.3 Å². The highest BCUT2D eigenvalue weighted by molar-refractivity contribution is 5.82. The lowest BCUT2D eigenvalue weighted by molar-refractivity contribution is -0.139. The van der Waals surface area contributed by atoms with E-state index in [1.54, 1.807) is 0 Å². The molecule has 0 saturated heterocycles. The van der Waals surface area contributed by atoms with Crippen molar-refractivity contribution in [3.8, 4) is 0 Å². The molecule has 0 fully saturated rings. The topological polar surface area (TPSA) is 89.9 Å². The number of carbonyl (C=O) groups is 2. The SMILES string of the molecule is CC(C)C[C@H](NC(=O)N(C)CCO)C(=O)O. The normalized spacial score (nSPS) is 12.3. The molecule has 6 heteroatoms. The molecule has 0 aromatic carbocycles. The van der Waals surface area contributed by atoms with E-state index in [-0.39, 0.29) is 19.1 Å². The van der Waals surface area contributed by atoms with E-state index in [1.165, 1.54) is 11.9 Å². The van der Waals surface area contributed by atoms with Crippen molar-refractivity contribution in [3.63, 3.8) is 0 Å². The number of hydrogen-bond donors (Lipinski definition) is 3. The summed E-state index contributed by atoms with van der Waals surface area (Å²) in [5.74, 6) is -0.857. The summed E-state index contributed by atoms with van der Waals surface area (Å²) in [6, 6.07) is -1.37. The Morgan fingerprint density at radius 2 is 1.94 bits per heavy atom. The Bertz CT molecular complexity index is 243. The highest BCUT2D eigenvalue weighted by atomic mass is 16.4. The number of aliphatic hydroxyl groups excluding tert-OH is 1. The van der Waals surface area contributed by atoms with Crippen molar-refractivity contribution in [2.24, 2.45) is 5.92 Å². The fraction of sp³-hybridized carbons (Fsp3) is 0.800. The van der Waals surface area contributed by atoms with Gasteiger partial charge in [0.25, 0.3) is 0 Å². The molecule has 6 nitrogen and oxygen atoms in total. The van der Waals surface area contributed by atoms with Gasteiger partial charge in [0.1, 0.15) is 6.04 Å². The van der Waals surface area contributed by atoms with Gasteiger partial charge in [-0.25, -0.2) is 9.59 Å². The summed E-state index contributed by atoms with van der Waals surface area (Å²) < 4.78 is 0. The lowest BCUT2D eigenvalue weighted by Gasteiger charge is -2.21. The third kappa shape index (κ3) is 5.55. The zero-order valence-electron chi connectivity index (χ0n) is 9.93. The van der Waals surface area contributed by atoms with E-state index in [0.717, 1.165) is 0 Å². The van der Waals surface area contributed by atoms with Crippen LogP contribution in [-0.4, -0.2) is 53.4 Å². The average molecular weight is 232 g/mol. The average Bonchev–Trinajstić information content (AvgIpc) is 2.16. The van der Waals surface area contributed by atoms with Crippen molar-refractivity contribution in [1.29, 1.82) is 0 Å². The Morgan fingerprint density at radius 3 is 2.31 bits per heavy atom. The maximum absolute atomic E-state index is 11.5. The van der Waals surface area contributed by atoms with Crippen LogP contribution >= 0.6 is 0 Å². The number of rotatable bonds is 6. The Kier molecular flexibility index (Phi) is 6.48. The Balaban J connectivity index is 4.28. The summed E-state index contributed by atoms with van der Waals surface area (Å²) in [7, 11) is 1.50. The molecule has 0 rings (SSSR count). The van der Waals surface area contributed by atoms with Gasteiger partial charge in [0.2, 0.25) is 0 Å². The van der Waals surface area contributed by atoms with E-state index < -0.39 is 18.0 Å². The zero-order valence-corrected chi connectivity index (χ0v) is 9.93. The van der Waals surface area contributed by atoms with Crippen molar-refractivity contribution in [2.75, 3.05) is 20.2 Å². The maximum Gasteiger partial charge on any atom is 0.326 e. The van der Waals surface area contributed by atoms with Crippen LogP contribution in [0.4, 0.5) is 4.79 Å². The third-order valence-corrected chi connectivity index (χ3v) is 2.09. The van der Waals surface area contributed by atoms with E-state index in [2.05, 4.69) is 5.32 Å². The van der Waals surface area contributed by atoms with Crippen LogP contribution in [0.5, 0.6) is 0 Å². The number of aliphatic carboxylic acids is 1. The number of carboxylic acids is 1. The van der Waals surface area contributed by atoms with Crippen LogP contribution in [-0.2, 0) is 4.79 Å². The van der Waals surface area contributed by atoms with Gasteiger partial charge in [-0.15, -0.1) is 0 Å². The van der Waals surface area contributed by atoms with Crippen LogP contribution in [0.2, 0.25) is 0 Å². The summed E-state index contributed by atoms with van der Waals surface area (Å²) in [6.45, 7) is 3.81. The largest absolute Gasteiger partial charge is 0.480 e.